The van der Waals surface area contributed by atoms with Gasteiger partial charge in [-0.1, -0.05) is 12.1 Å². The molecule has 20 heavy (non-hydrogen) atoms. The van der Waals surface area contributed by atoms with E-state index in [4.69, 9.17) is 4.74 Å². The number of rotatable bonds is 4. The van der Waals surface area contributed by atoms with Crippen molar-refractivity contribution >= 4 is 28.1 Å². The highest BCUT2D eigenvalue weighted by Crippen LogP contribution is 2.28. The van der Waals surface area contributed by atoms with E-state index in [2.05, 4.69) is 10.3 Å². The van der Waals surface area contributed by atoms with E-state index in [1.54, 1.807) is 32.9 Å². The summed E-state index contributed by atoms with van der Waals surface area (Å²) in [6.07, 6.45) is 0. The minimum Gasteiger partial charge on any atom is -0.461 e. The third kappa shape index (κ3) is 2.96. The molecule has 0 bridgehead atoms. The third-order valence-corrected chi connectivity index (χ3v) is 3.61. The van der Waals surface area contributed by atoms with E-state index in [-0.39, 0.29) is 11.5 Å². The van der Waals surface area contributed by atoms with Gasteiger partial charge in [-0.25, -0.2) is 14.2 Å². The zero-order chi connectivity index (χ0) is 14.7. The number of para-hydroxylation sites is 1. The molecule has 0 unspecified atom stereocenters. The van der Waals surface area contributed by atoms with Gasteiger partial charge in [-0.15, -0.1) is 11.3 Å². The summed E-state index contributed by atoms with van der Waals surface area (Å²) in [5, 5.41) is 3.39. The molecule has 1 aromatic carbocycles. The van der Waals surface area contributed by atoms with Crippen LogP contribution in [0.15, 0.2) is 18.2 Å². The van der Waals surface area contributed by atoms with E-state index in [1.807, 2.05) is 0 Å². The molecule has 0 fully saturated rings. The molecule has 1 heterocycles. The van der Waals surface area contributed by atoms with Crippen molar-refractivity contribution in [2.75, 3.05) is 11.9 Å². The predicted molar refractivity (Wildman–Crippen MR) is 77.2 cm³/mol. The van der Waals surface area contributed by atoms with Gasteiger partial charge in [0.1, 0.15) is 5.82 Å². The number of esters is 1. The van der Waals surface area contributed by atoms with Gasteiger partial charge in [-0.2, -0.15) is 0 Å². The number of aryl methyl sites for hydroxylation is 2. The minimum atomic E-state index is -0.459. The molecule has 2 rings (SSSR count). The molecule has 0 aliphatic heterocycles. The Kier molecular flexibility index (Phi) is 4.34. The molecule has 0 atom stereocenters. The van der Waals surface area contributed by atoms with Crippen LogP contribution in [0, 0.1) is 19.7 Å². The first-order valence-electron chi connectivity index (χ1n) is 6.19. The van der Waals surface area contributed by atoms with Crippen LogP contribution in [-0.4, -0.2) is 17.6 Å². The van der Waals surface area contributed by atoms with Gasteiger partial charge in [0.2, 0.25) is 0 Å². The molecule has 0 spiro atoms. The predicted octanol–water partition coefficient (Wildman–Crippen LogP) is 3.82. The fourth-order valence-corrected chi connectivity index (χ4v) is 2.54. The highest BCUT2D eigenvalue weighted by Gasteiger charge is 2.17. The number of hydrogen-bond acceptors (Lipinski definition) is 5. The van der Waals surface area contributed by atoms with Crippen molar-refractivity contribution in [1.29, 1.82) is 0 Å². The fourth-order valence-electron chi connectivity index (χ4n) is 1.74. The van der Waals surface area contributed by atoms with E-state index in [9.17, 15) is 9.18 Å². The smallest absolute Gasteiger partial charge is 0.358 e. The molecule has 106 valence electrons. The van der Waals surface area contributed by atoms with Crippen molar-refractivity contribution < 1.29 is 13.9 Å². The molecule has 0 saturated carbocycles. The summed E-state index contributed by atoms with van der Waals surface area (Å²) < 4.78 is 18.7. The van der Waals surface area contributed by atoms with Gasteiger partial charge in [-0.3, -0.25) is 0 Å². The van der Waals surface area contributed by atoms with Gasteiger partial charge in [0.05, 0.1) is 12.3 Å². The maximum absolute atomic E-state index is 13.7. The minimum absolute atomic E-state index is 0.272. The molecule has 0 aliphatic carbocycles. The van der Waals surface area contributed by atoms with Crippen molar-refractivity contribution in [2.24, 2.45) is 0 Å². The number of nitrogens with one attached hydrogen (secondary N) is 1. The van der Waals surface area contributed by atoms with Gasteiger partial charge < -0.3 is 10.1 Å². The van der Waals surface area contributed by atoms with Gasteiger partial charge in [-0.05, 0) is 32.4 Å². The molecule has 1 N–H and O–H groups in total. The number of carbonyl (C=O) groups is 1. The van der Waals surface area contributed by atoms with Crippen LogP contribution in [0.1, 0.15) is 27.9 Å². The molecular weight excluding hydrogens is 279 g/mol. The second-order valence-corrected chi connectivity index (χ2v) is 5.40. The Labute approximate surface area is 120 Å². The number of benzene rings is 1. The van der Waals surface area contributed by atoms with Crippen LogP contribution in [-0.2, 0) is 4.74 Å². The van der Waals surface area contributed by atoms with Crippen molar-refractivity contribution in [1.82, 2.24) is 4.98 Å². The topological polar surface area (TPSA) is 51.2 Å². The summed E-state index contributed by atoms with van der Waals surface area (Å²) in [7, 11) is 0. The monoisotopic (exact) mass is 294 g/mol. The lowest BCUT2D eigenvalue weighted by molar-refractivity contribution is 0.0519. The standard InChI is InChI=1S/C14H15FN2O2S/c1-4-19-13(18)12-9(3)20-14(17-12)16-11-8(2)6-5-7-10(11)15/h5-7H,4H2,1-3H3,(H,16,17). The summed E-state index contributed by atoms with van der Waals surface area (Å²) in [5.41, 5.74) is 1.42. The van der Waals surface area contributed by atoms with Crippen molar-refractivity contribution in [2.45, 2.75) is 20.8 Å². The van der Waals surface area contributed by atoms with Crippen molar-refractivity contribution in [3.63, 3.8) is 0 Å². The molecule has 6 heteroatoms. The second-order valence-electron chi connectivity index (χ2n) is 4.20. The lowest BCUT2D eigenvalue weighted by Crippen LogP contribution is -2.06. The highest BCUT2D eigenvalue weighted by molar-refractivity contribution is 7.15. The Morgan fingerprint density at radius 3 is 2.85 bits per heavy atom. The number of hydrogen-bond donors (Lipinski definition) is 1. The van der Waals surface area contributed by atoms with E-state index in [0.29, 0.717) is 17.4 Å². The Balaban J connectivity index is 2.27. The number of nitrogens with zero attached hydrogens (tertiary/aromatic N) is 1. The average molecular weight is 294 g/mol. The first kappa shape index (κ1) is 14.5. The SMILES string of the molecule is CCOC(=O)c1nc(Nc2c(C)cccc2F)sc1C. The fraction of sp³-hybridized carbons (Fsp3) is 0.286. The van der Waals surface area contributed by atoms with Gasteiger partial charge >= 0.3 is 5.97 Å². The van der Waals surface area contributed by atoms with Crippen LogP contribution in [0.2, 0.25) is 0 Å². The van der Waals surface area contributed by atoms with Crippen LogP contribution < -0.4 is 5.32 Å². The molecule has 0 radical (unpaired) electrons. The average Bonchev–Trinajstić information content (AvgIpc) is 2.75. The van der Waals surface area contributed by atoms with E-state index < -0.39 is 5.97 Å². The molecule has 0 aliphatic rings. The first-order chi connectivity index (χ1) is 9.52. The molecule has 1 aromatic heterocycles. The summed E-state index contributed by atoms with van der Waals surface area (Å²) in [5.74, 6) is -0.810. The van der Waals surface area contributed by atoms with Crippen molar-refractivity contribution in [3.8, 4) is 0 Å². The van der Waals surface area contributed by atoms with E-state index >= 15 is 0 Å². The van der Waals surface area contributed by atoms with Crippen LogP contribution >= 0.6 is 11.3 Å². The largest absolute Gasteiger partial charge is 0.461 e. The Hall–Kier alpha value is -1.95. The molecule has 2 aromatic rings. The molecule has 0 saturated heterocycles. The summed E-state index contributed by atoms with van der Waals surface area (Å²) >= 11 is 1.29. The number of carbonyl (C=O) groups excluding carboxylic acids is 1. The Morgan fingerprint density at radius 1 is 1.45 bits per heavy atom. The number of halogens is 1. The zero-order valence-electron chi connectivity index (χ0n) is 11.5. The van der Waals surface area contributed by atoms with Gasteiger partial charge in [0, 0.05) is 4.88 Å². The van der Waals surface area contributed by atoms with Crippen LogP contribution in [0.25, 0.3) is 0 Å². The van der Waals surface area contributed by atoms with Gasteiger partial charge in [0.25, 0.3) is 0 Å². The number of thiazole rings is 1. The Morgan fingerprint density at radius 2 is 2.20 bits per heavy atom. The zero-order valence-corrected chi connectivity index (χ0v) is 12.3. The summed E-state index contributed by atoms with van der Waals surface area (Å²) in [6.45, 7) is 5.62. The van der Waals surface area contributed by atoms with Crippen molar-refractivity contribution in [3.05, 3.63) is 40.2 Å². The molecular formula is C14H15FN2O2S. The maximum atomic E-state index is 13.7. The Bertz CT molecular complexity index is 620. The third-order valence-electron chi connectivity index (χ3n) is 2.72. The van der Waals surface area contributed by atoms with Crippen LogP contribution in [0.4, 0.5) is 15.2 Å². The molecule has 4 nitrogen and oxygen atoms in total. The highest BCUT2D eigenvalue weighted by atomic mass is 32.1. The number of ether oxygens (including phenoxy) is 1. The normalized spacial score (nSPS) is 10.4. The number of anilines is 2. The summed E-state index contributed by atoms with van der Waals surface area (Å²) in [6, 6.07) is 4.83. The molecule has 0 amide bonds. The van der Waals surface area contributed by atoms with Crippen LogP contribution in [0.3, 0.4) is 0 Å². The van der Waals surface area contributed by atoms with E-state index in [0.717, 1.165) is 10.4 Å². The quantitative estimate of drug-likeness (QED) is 0.871. The maximum Gasteiger partial charge on any atom is 0.358 e. The lowest BCUT2D eigenvalue weighted by Gasteiger charge is -2.07. The lowest BCUT2D eigenvalue weighted by atomic mass is 10.2. The van der Waals surface area contributed by atoms with Crippen LogP contribution in [0.5, 0.6) is 0 Å². The van der Waals surface area contributed by atoms with Gasteiger partial charge in [0.15, 0.2) is 10.8 Å². The van der Waals surface area contributed by atoms with E-state index in [1.165, 1.54) is 17.4 Å². The first-order valence-corrected chi connectivity index (χ1v) is 7.01. The second kappa shape index (κ2) is 6.00. The number of aromatic nitrogens is 1. The summed E-state index contributed by atoms with van der Waals surface area (Å²) in [4.78, 5) is 16.6.